The molecule has 6 heteroatoms. The van der Waals surface area contributed by atoms with Gasteiger partial charge in [0.2, 0.25) is 0 Å². The third-order valence-electron chi connectivity index (χ3n) is 3.45. The molecule has 0 heterocycles. The molecule has 4 nitrogen and oxygen atoms in total. The maximum atomic E-state index is 12.8. The molecule has 104 valence electrons. The smallest absolute Gasteiger partial charge is 0.337 e. The van der Waals surface area contributed by atoms with Crippen molar-refractivity contribution in [3.8, 4) is 0 Å². The Bertz CT molecular complexity index is 504. The summed E-state index contributed by atoms with van der Waals surface area (Å²) >= 11 is 2.06. The van der Waals surface area contributed by atoms with Gasteiger partial charge in [-0.2, -0.15) is 0 Å². The number of methoxy groups -OCH3 is 1. The van der Waals surface area contributed by atoms with Gasteiger partial charge in [0.15, 0.2) is 0 Å². The van der Waals surface area contributed by atoms with Crippen molar-refractivity contribution in [3.05, 3.63) is 21.3 Å². The van der Waals surface area contributed by atoms with Crippen LogP contribution in [-0.2, 0) is 4.74 Å². The van der Waals surface area contributed by atoms with Crippen molar-refractivity contribution >= 4 is 39.9 Å². The number of nitrogens with two attached hydrogens (primary N) is 1. The van der Waals surface area contributed by atoms with Crippen molar-refractivity contribution in [3.63, 3.8) is 0 Å². The van der Waals surface area contributed by atoms with Gasteiger partial charge in [-0.05, 0) is 47.6 Å². The van der Waals surface area contributed by atoms with Crippen LogP contribution in [-0.4, -0.2) is 26.3 Å². The summed E-state index contributed by atoms with van der Waals surface area (Å²) in [6.45, 7) is 0.210. The SMILES string of the molecule is COC(=O)c1cc(I)c(N)c(NCC2(CF)CC2)c1. The first-order valence-corrected chi connectivity index (χ1v) is 7.06. The standard InChI is InChI=1S/C13H16FIN2O2/c1-19-12(18)8-4-9(15)11(16)10(5-8)17-7-13(6-14)2-3-13/h4-5,17H,2-3,6-7,16H2,1H3. The first-order valence-electron chi connectivity index (χ1n) is 5.98. The first kappa shape index (κ1) is 14.4. The van der Waals surface area contributed by atoms with Crippen molar-refractivity contribution in [2.75, 3.05) is 31.4 Å². The van der Waals surface area contributed by atoms with E-state index in [0.717, 1.165) is 16.4 Å². The number of nitrogens with one attached hydrogen (secondary N) is 1. The van der Waals surface area contributed by atoms with Crippen molar-refractivity contribution in [1.29, 1.82) is 0 Å². The fourth-order valence-electron chi connectivity index (χ4n) is 1.82. The molecule has 0 saturated heterocycles. The number of rotatable bonds is 5. The number of carbonyl (C=O) groups is 1. The van der Waals surface area contributed by atoms with Gasteiger partial charge in [-0.25, -0.2) is 4.79 Å². The van der Waals surface area contributed by atoms with Crippen LogP contribution in [0.15, 0.2) is 12.1 Å². The van der Waals surface area contributed by atoms with Crippen LogP contribution in [0, 0.1) is 8.99 Å². The van der Waals surface area contributed by atoms with Gasteiger partial charge in [0, 0.05) is 15.5 Å². The molecule has 0 bridgehead atoms. The van der Waals surface area contributed by atoms with E-state index in [2.05, 4.69) is 27.9 Å². The van der Waals surface area contributed by atoms with Crippen LogP contribution in [0.2, 0.25) is 0 Å². The second kappa shape index (κ2) is 5.52. The molecular weight excluding hydrogens is 362 g/mol. The summed E-state index contributed by atoms with van der Waals surface area (Å²) < 4.78 is 18.3. The molecule has 1 aliphatic rings. The van der Waals surface area contributed by atoms with E-state index in [-0.39, 0.29) is 12.1 Å². The number of nitrogen functional groups attached to an aromatic ring is 1. The summed E-state index contributed by atoms with van der Waals surface area (Å²) in [5, 5.41) is 3.15. The summed E-state index contributed by atoms with van der Waals surface area (Å²) in [6.07, 6.45) is 1.79. The lowest BCUT2D eigenvalue weighted by atomic mass is 10.1. The zero-order valence-corrected chi connectivity index (χ0v) is 12.8. The number of hydrogen-bond acceptors (Lipinski definition) is 4. The fraction of sp³-hybridized carbons (Fsp3) is 0.462. The highest BCUT2D eigenvalue weighted by Gasteiger charge is 2.42. The van der Waals surface area contributed by atoms with Crippen LogP contribution in [0.4, 0.5) is 15.8 Å². The van der Waals surface area contributed by atoms with Crippen LogP contribution in [0.25, 0.3) is 0 Å². The van der Waals surface area contributed by atoms with Crippen LogP contribution < -0.4 is 11.1 Å². The van der Waals surface area contributed by atoms with Gasteiger partial charge >= 0.3 is 5.97 Å². The third-order valence-corrected chi connectivity index (χ3v) is 4.34. The van der Waals surface area contributed by atoms with Crippen LogP contribution in [0.1, 0.15) is 23.2 Å². The molecular formula is C13H16FIN2O2. The van der Waals surface area contributed by atoms with Crippen molar-refractivity contribution in [2.45, 2.75) is 12.8 Å². The van der Waals surface area contributed by atoms with Gasteiger partial charge in [-0.15, -0.1) is 0 Å². The van der Waals surface area contributed by atoms with E-state index in [1.165, 1.54) is 7.11 Å². The van der Waals surface area contributed by atoms with Gasteiger partial charge < -0.3 is 15.8 Å². The Morgan fingerprint density at radius 1 is 1.58 bits per heavy atom. The fourth-order valence-corrected chi connectivity index (χ4v) is 2.44. The second-order valence-electron chi connectivity index (χ2n) is 4.90. The Morgan fingerprint density at radius 2 is 2.26 bits per heavy atom. The molecule has 3 N–H and O–H groups in total. The predicted molar refractivity (Wildman–Crippen MR) is 81.0 cm³/mol. The van der Waals surface area contributed by atoms with Gasteiger partial charge in [-0.3, -0.25) is 4.39 Å². The second-order valence-corrected chi connectivity index (χ2v) is 6.06. The van der Waals surface area contributed by atoms with Gasteiger partial charge in [0.05, 0.1) is 30.7 Å². The molecule has 1 aromatic carbocycles. The van der Waals surface area contributed by atoms with Crippen molar-refractivity contribution < 1.29 is 13.9 Å². The Balaban J connectivity index is 2.18. The quantitative estimate of drug-likeness (QED) is 0.470. The molecule has 0 atom stereocenters. The molecule has 0 amide bonds. The molecule has 0 radical (unpaired) electrons. The minimum Gasteiger partial charge on any atom is -0.465 e. The maximum Gasteiger partial charge on any atom is 0.337 e. The van der Waals surface area contributed by atoms with Crippen LogP contribution in [0.3, 0.4) is 0 Å². The normalized spacial score (nSPS) is 15.9. The topological polar surface area (TPSA) is 64.3 Å². The number of ether oxygens (including phenoxy) is 1. The van der Waals surface area contributed by atoms with E-state index in [9.17, 15) is 9.18 Å². The molecule has 1 saturated carbocycles. The number of halogens is 2. The average molecular weight is 378 g/mol. The lowest BCUT2D eigenvalue weighted by Crippen LogP contribution is -2.18. The van der Waals surface area contributed by atoms with E-state index in [4.69, 9.17) is 10.5 Å². The molecule has 0 unspecified atom stereocenters. The number of hydrogen-bond donors (Lipinski definition) is 2. The zero-order valence-electron chi connectivity index (χ0n) is 10.6. The minimum atomic E-state index is -0.410. The highest BCUT2D eigenvalue weighted by Crippen LogP contribution is 2.46. The lowest BCUT2D eigenvalue weighted by molar-refractivity contribution is 0.0600. The van der Waals surface area contributed by atoms with Crippen LogP contribution >= 0.6 is 22.6 Å². The Hall–Kier alpha value is -1.05. The van der Waals surface area contributed by atoms with Crippen molar-refractivity contribution in [1.82, 2.24) is 0 Å². The number of anilines is 2. The van der Waals surface area contributed by atoms with E-state index in [0.29, 0.717) is 23.5 Å². The Kier molecular flexibility index (Phi) is 4.17. The highest BCUT2D eigenvalue weighted by molar-refractivity contribution is 14.1. The molecule has 0 spiro atoms. The Morgan fingerprint density at radius 3 is 2.79 bits per heavy atom. The van der Waals surface area contributed by atoms with Gasteiger partial charge in [-0.1, -0.05) is 0 Å². The maximum absolute atomic E-state index is 12.8. The highest BCUT2D eigenvalue weighted by atomic mass is 127. The molecule has 19 heavy (non-hydrogen) atoms. The van der Waals surface area contributed by atoms with E-state index in [1.54, 1.807) is 12.1 Å². The van der Waals surface area contributed by atoms with E-state index < -0.39 is 5.97 Å². The summed E-state index contributed by atoms with van der Waals surface area (Å²) in [5.74, 6) is -0.410. The summed E-state index contributed by atoms with van der Waals surface area (Å²) in [4.78, 5) is 11.5. The largest absolute Gasteiger partial charge is 0.465 e. The molecule has 1 fully saturated rings. The number of carbonyl (C=O) groups excluding carboxylic acids is 1. The van der Waals surface area contributed by atoms with E-state index >= 15 is 0 Å². The van der Waals surface area contributed by atoms with Crippen LogP contribution in [0.5, 0.6) is 0 Å². The summed E-state index contributed by atoms with van der Waals surface area (Å²) in [7, 11) is 1.33. The number of esters is 1. The van der Waals surface area contributed by atoms with Gasteiger partial charge in [0.25, 0.3) is 0 Å². The summed E-state index contributed by atoms with van der Waals surface area (Å²) in [6, 6.07) is 3.33. The molecule has 1 aliphatic carbocycles. The molecule has 0 aliphatic heterocycles. The average Bonchev–Trinajstić information content (AvgIpc) is 3.20. The van der Waals surface area contributed by atoms with Crippen molar-refractivity contribution in [2.24, 2.45) is 5.41 Å². The minimum absolute atomic E-state index is 0.237. The van der Waals surface area contributed by atoms with Gasteiger partial charge in [0.1, 0.15) is 0 Å². The number of alkyl halides is 1. The van der Waals surface area contributed by atoms with E-state index in [1.807, 2.05) is 0 Å². The summed E-state index contributed by atoms with van der Waals surface area (Å²) in [5.41, 5.74) is 7.40. The molecule has 0 aromatic heterocycles. The molecule has 2 rings (SSSR count). The lowest BCUT2D eigenvalue weighted by Gasteiger charge is -2.16. The number of benzene rings is 1. The first-order chi connectivity index (χ1) is 9.01. The zero-order chi connectivity index (χ0) is 14.0. The molecule has 1 aromatic rings. The predicted octanol–water partition coefficient (Wildman–Crippen LogP) is 2.82. The third kappa shape index (κ3) is 3.10. The monoisotopic (exact) mass is 378 g/mol. The Labute approximate surface area is 125 Å².